The molecule has 76 heavy (non-hydrogen) atoms. The highest BCUT2D eigenvalue weighted by Crippen LogP contribution is 2.17. The first kappa shape index (κ1) is 73.8. The number of hydrogen-bond donors (Lipinski definition) is 3. The lowest BCUT2D eigenvalue weighted by Crippen LogP contribution is -2.45. The second-order valence-electron chi connectivity index (χ2n) is 23.1. The number of aliphatic hydroxyl groups is 2. The summed E-state index contributed by atoms with van der Waals surface area (Å²) in [6.07, 6.45) is 84.6. The number of rotatable bonds is 63. The Morgan fingerprint density at radius 2 is 0.658 bits per heavy atom. The molecule has 2 unspecified atom stereocenters. The number of amides is 1. The van der Waals surface area contributed by atoms with Gasteiger partial charge in [-0.05, 0) is 89.9 Å². The highest BCUT2D eigenvalue weighted by atomic mass is 16.5. The largest absolute Gasteiger partial charge is 0.466 e. The van der Waals surface area contributed by atoms with Gasteiger partial charge < -0.3 is 20.3 Å². The predicted molar refractivity (Wildman–Crippen MR) is 333 cm³/mol. The molecule has 0 aromatic rings. The molecule has 0 aromatic heterocycles. The van der Waals surface area contributed by atoms with Crippen molar-refractivity contribution < 1.29 is 24.5 Å². The van der Waals surface area contributed by atoms with Crippen molar-refractivity contribution in [3.63, 3.8) is 0 Å². The molecule has 0 heterocycles. The zero-order valence-corrected chi connectivity index (χ0v) is 51.0. The average molecular weight is 1070 g/mol. The Labute approximate surface area is 474 Å². The second-order valence-corrected chi connectivity index (χ2v) is 23.1. The molecule has 0 aliphatic carbocycles. The third-order valence-corrected chi connectivity index (χ3v) is 15.6. The van der Waals surface area contributed by atoms with Crippen molar-refractivity contribution in [2.24, 2.45) is 0 Å². The van der Waals surface area contributed by atoms with Crippen LogP contribution in [0, 0.1) is 0 Å². The molecule has 0 bridgehead atoms. The Balaban J connectivity index is 3.39. The molecule has 0 saturated carbocycles. The molecule has 0 aromatic carbocycles. The van der Waals surface area contributed by atoms with Gasteiger partial charge in [0.25, 0.3) is 0 Å². The topological polar surface area (TPSA) is 95.9 Å². The molecule has 3 N–H and O–H groups in total. The minimum atomic E-state index is -0.844. The summed E-state index contributed by atoms with van der Waals surface area (Å²) >= 11 is 0. The van der Waals surface area contributed by atoms with Crippen molar-refractivity contribution in [1.29, 1.82) is 0 Å². The number of aliphatic hydroxyl groups excluding tert-OH is 2. The minimum absolute atomic E-state index is 0.00204. The maximum absolute atomic E-state index is 12.5. The zero-order chi connectivity index (χ0) is 55.0. The second kappa shape index (κ2) is 65.3. The SMILES string of the molecule is CCCCC/C=C\C/C=C\CCCCCCCC(=O)OCCCCCCCCCCCCCC/C=C\CCCCCCCCCCCCCCCC(=O)NC(CO)C(O)/C=C/CCCCCCCCCCCCCCC. The molecule has 0 radical (unpaired) electrons. The fraction of sp³-hybridized carbons (Fsp3) is 0.857. The van der Waals surface area contributed by atoms with Gasteiger partial charge in [0.2, 0.25) is 5.91 Å². The lowest BCUT2D eigenvalue weighted by Gasteiger charge is -2.20. The van der Waals surface area contributed by atoms with E-state index in [1.165, 1.54) is 283 Å². The summed E-state index contributed by atoms with van der Waals surface area (Å²) in [4.78, 5) is 24.5. The Morgan fingerprint density at radius 1 is 0.368 bits per heavy atom. The normalized spacial score (nSPS) is 12.8. The Bertz CT molecular complexity index is 1270. The van der Waals surface area contributed by atoms with Crippen molar-refractivity contribution in [3.8, 4) is 0 Å². The van der Waals surface area contributed by atoms with E-state index in [0.717, 1.165) is 51.4 Å². The molecule has 6 nitrogen and oxygen atoms in total. The van der Waals surface area contributed by atoms with Crippen LogP contribution in [0.4, 0.5) is 0 Å². The third-order valence-electron chi connectivity index (χ3n) is 15.6. The number of hydrogen-bond acceptors (Lipinski definition) is 5. The maximum Gasteiger partial charge on any atom is 0.305 e. The number of ether oxygens (including phenoxy) is 1. The molecule has 0 aliphatic rings. The fourth-order valence-electron chi connectivity index (χ4n) is 10.4. The van der Waals surface area contributed by atoms with Crippen LogP contribution in [0.15, 0.2) is 48.6 Å². The van der Waals surface area contributed by atoms with Crippen LogP contribution in [0.2, 0.25) is 0 Å². The number of esters is 1. The molecule has 446 valence electrons. The van der Waals surface area contributed by atoms with Gasteiger partial charge in [-0.3, -0.25) is 9.59 Å². The molecular weight excluding hydrogens is 935 g/mol. The molecule has 0 fully saturated rings. The lowest BCUT2D eigenvalue weighted by molar-refractivity contribution is -0.143. The lowest BCUT2D eigenvalue weighted by atomic mass is 10.0. The summed E-state index contributed by atoms with van der Waals surface area (Å²) in [6.45, 7) is 4.89. The number of unbranched alkanes of at least 4 members (excludes halogenated alkanes) is 46. The molecule has 0 spiro atoms. The number of nitrogens with one attached hydrogen (secondary N) is 1. The third kappa shape index (κ3) is 61.0. The van der Waals surface area contributed by atoms with Gasteiger partial charge in [0, 0.05) is 12.8 Å². The van der Waals surface area contributed by atoms with Crippen LogP contribution in [0.5, 0.6) is 0 Å². The number of carbonyl (C=O) groups is 2. The van der Waals surface area contributed by atoms with Gasteiger partial charge in [0.1, 0.15) is 0 Å². The van der Waals surface area contributed by atoms with Crippen LogP contribution < -0.4 is 5.32 Å². The van der Waals surface area contributed by atoms with Gasteiger partial charge in [-0.25, -0.2) is 0 Å². The smallest absolute Gasteiger partial charge is 0.305 e. The van der Waals surface area contributed by atoms with Crippen LogP contribution in [0.3, 0.4) is 0 Å². The van der Waals surface area contributed by atoms with Gasteiger partial charge in [-0.2, -0.15) is 0 Å². The van der Waals surface area contributed by atoms with Crippen molar-refractivity contribution in [1.82, 2.24) is 5.32 Å². The van der Waals surface area contributed by atoms with E-state index < -0.39 is 12.1 Å². The van der Waals surface area contributed by atoms with E-state index in [0.29, 0.717) is 19.4 Å². The van der Waals surface area contributed by atoms with Gasteiger partial charge in [-0.15, -0.1) is 0 Å². The highest BCUT2D eigenvalue weighted by molar-refractivity contribution is 5.76. The van der Waals surface area contributed by atoms with E-state index >= 15 is 0 Å². The monoisotopic (exact) mass is 1070 g/mol. The average Bonchev–Trinajstić information content (AvgIpc) is 3.42. The van der Waals surface area contributed by atoms with Gasteiger partial charge in [-0.1, -0.05) is 306 Å². The number of allylic oxidation sites excluding steroid dienone is 7. The van der Waals surface area contributed by atoms with Crippen LogP contribution in [-0.2, 0) is 14.3 Å². The van der Waals surface area contributed by atoms with Crippen molar-refractivity contribution in [3.05, 3.63) is 48.6 Å². The summed E-state index contributed by atoms with van der Waals surface area (Å²) in [5.41, 5.74) is 0. The number of carbonyl (C=O) groups excluding carboxylic acids is 2. The van der Waals surface area contributed by atoms with Gasteiger partial charge >= 0.3 is 5.97 Å². The Morgan fingerprint density at radius 3 is 1.04 bits per heavy atom. The van der Waals surface area contributed by atoms with E-state index in [4.69, 9.17) is 4.74 Å². The zero-order valence-electron chi connectivity index (χ0n) is 51.0. The molecular formula is C70H131NO5. The summed E-state index contributed by atoms with van der Waals surface area (Å²) in [6, 6.07) is -0.628. The summed E-state index contributed by atoms with van der Waals surface area (Å²) in [7, 11) is 0. The van der Waals surface area contributed by atoms with E-state index in [9.17, 15) is 19.8 Å². The van der Waals surface area contributed by atoms with Crippen LogP contribution in [0.25, 0.3) is 0 Å². The Hall–Kier alpha value is -2.18. The molecule has 2 atom stereocenters. The first-order valence-corrected chi connectivity index (χ1v) is 33.9. The molecule has 0 rings (SSSR count). The summed E-state index contributed by atoms with van der Waals surface area (Å²) in [5, 5.41) is 23.2. The van der Waals surface area contributed by atoms with Crippen molar-refractivity contribution in [2.75, 3.05) is 13.2 Å². The maximum atomic E-state index is 12.5. The summed E-state index contributed by atoms with van der Waals surface area (Å²) < 4.78 is 5.48. The standard InChI is InChI=1S/C70H131NO5/c1-3-5-7-9-11-13-15-17-34-38-42-46-50-54-58-62-68(73)67(66-72)71-69(74)63-59-55-51-47-43-39-36-32-30-28-26-24-22-20-19-21-23-25-27-29-31-33-37-41-45-49-53-57-61-65-76-70(75)64-60-56-52-48-44-40-35-18-16-14-12-10-8-6-4-2/h12,14,18-19,21,35,58,62,67-68,72-73H,3-11,13,15-17,20,22-34,36-57,59-61,63-66H2,1-2H3,(H,71,74)/b14-12-,21-19-,35-18-,62-58+. The van der Waals surface area contributed by atoms with Crippen LogP contribution in [-0.4, -0.2) is 47.4 Å². The first-order chi connectivity index (χ1) is 37.5. The quantitative estimate of drug-likeness (QED) is 0.0320. The predicted octanol–water partition coefficient (Wildman–Crippen LogP) is 21.7. The summed E-state index contributed by atoms with van der Waals surface area (Å²) in [5.74, 6) is -0.0638. The first-order valence-electron chi connectivity index (χ1n) is 33.9. The molecule has 1 amide bonds. The molecule has 0 aliphatic heterocycles. The van der Waals surface area contributed by atoms with Gasteiger partial charge in [0.15, 0.2) is 0 Å². The Kier molecular flexibility index (Phi) is 63.5. The van der Waals surface area contributed by atoms with E-state index in [1.54, 1.807) is 6.08 Å². The van der Waals surface area contributed by atoms with Crippen molar-refractivity contribution >= 4 is 11.9 Å². The van der Waals surface area contributed by atoms with Crippen LogP contribution in [0.1, 0.15) is 361 Å². The van der Waals surface area contributed by atoms with Gasteiger partial charge in [0.05, 0.1) is 25.4 Å². The molecule has 0 saturated heterocycles. The van der Waals surface area contributed by atoms with E-state index in [2.05, 4.69) is 55.6 Å². The van der Waals surface area contributed by atoms with Crippen molar-refractivity contribution in [2.45, 2.75) is 373 Å². The highest BCUT2D eigenvalue weighted by Gasteiger charge is 2.18. The fourth-order valence-corrected chi connectivity index (χ4v) is 10.4. The van der Waals surface area contributed by atoms with E-state index in [-0.39, 0.29) is 18.5 Å². The molecule has 6 heteroatoms. The van der Waals surface area contributed by atoms with Crippen LogP contribution >= 0.6 is 0 Å². The van der Waals surface area contributed by atoms with E-state index in [1.807, 2.05) is 6.08 Å². The minimum Gasteiger partial charge on any atom is -0.466 e.